The molecule has 0 spiro atoms. The van der Waals surface area contributed by atoms with Crippen molar-refractivity contribution in [3.05, 3.63) is 105 Å². The van der Waals surface area contributed by atoms with E-state index in [2.05, 4.69) is 5.10 Å². The van der Waals surface area contributed by atoms with Gasteiger partial charge in [0.1, 0.15) is 17.4 Å². The first-order valence-electron chi connectivity index (χ1n) is 12.9. The van der Waals surface area contributed by atoms with E-state index in [0.29, 0.717) is 29.7 Å². The lowest BCUT2D eigenvalue weighted by atomic mass is 9.93. The number of ketones is 1. The average molecular weight is 523 g/mol. The third kappa shape index (κ3) is 5.04. The van der Waals surface area contributed by atoms with Crippen LogP contribution in [0.1, 0.15) is 65.2 Å². The van der Waals surface area contributed by atoms with Gasteiger partial charge in [-0.2, -0.15) is 10.4 Å². The number of carbonyl (C=O) groups is 1. The lowest BCUT2D eigenvalue weighted by Gasteiger charge is -2.26. The van der Waals surface area contributed by atoms with Crippen molar-refractivity contribution < 1.29 is 14.3 Å². The molecule has 0 bridgehead atoms. The zero-order valence-electron chi connectivity index (χ0n) is 21.5. The van der Waals surface area contributed by atoms with Crippen LogP contribution in [0, 0.1) is 24.1 Å². The summed E-state index contributed by atoms with van der Waals surface area (Å²) in [6.45, 7) is 1.50. The van der Waals surface area contributed by atoms with Gasteiger partial charge in [0.05, 0.1) is 16.9 Å². The third-order valence-corrected chi connectivity index (χ3v) is 7.23. The third-order valence-electron chi connectivity index (χ3n) is 7.23. The first kappa shape index (κ1) is 25.9. The Kier molecular flexibility index (Phi) is 7.24. The second-order valence-corrected chi connectivity index (χ2v) is 9.70. The summed E-state index contributed by atoms with van der Waals surface area (Å²) in [6, 6.07) is 17.0. The normalized spacial score (nSPS) is 14.0. The quantitative estimate of drug-likeness (QED) is 0.243. The van der Waals surface area contributed by atoms with E-state index in [-0.39, 0.29) is 28.5 Å². The molecular formula is C31H27FN4O3. The Morgan fingerprint density at radius 2 is 1.79 bits per heavy atom. The number of aromatic hydroxyl groups is 1. The Hall–Kier alpha value is -4.77. The molecule has 0 atom stereocenters. The highest BCUT2D eigenvalue weighted by Gasteiger charge is 2.27. The average Bonchev–Trinajstić information content (AvgIpc) is 3.38. The van der Waals surface area contributed by atoms with Crippen molar-refractivity contribution in [3.63, 3.8) is 0 Å². The number of carbonyl (C=O) groups excluding carboxylic acids is 1. The highest BCUT2D eigenvalue weighted by atomic mass is 19.1. The standard InChI is InChI=1S/C31H27FN4O3/c1-20-26(18-33)30(38)36(25-10-6-3-7-11-25)31(39)28(20)27(37)17-14-22-19-35(24-8-4-2-5-9-24)34-29(22)21-12-15-23(32)16-13-21/h2,4-5,8-9,12-17,19,25,39H,3,6-7,10-11H2,1H3/b17-14+. The Morgan fingerprint density at radius 3 is 2.46 bits per heavy atom. The summed E-state index contributed by atoms with van der Waals surface area (Å²) in [7, 11) is 0. The Bertz CT molecular complexity index is 1660. The van der Waals surface area contributed by atoms with Crippen LogP contribution in [0.2, 0.25) is 0 Å². The number of pyridine rings is 1. The van der Waals surface area contributed by atoms with E-state index in [4.69, 9.17) is 0 Å². The lowest BCUT2D eigenvalue weighted by Crippen LogP contribution is -2.30. The van der Waals surface area contributed by atoms with E-state index in [1.54, 1.807) is 29.1 Å². The van der Waals surface area contributed by atoms with Gasteiger partial charge in [-0.05, 0) is 73.9 Å². The van der Waals surface area contributed by atoms with Gasteiger partial charge in [-0.25, -0.2) is 9.07 Å². The van der Waals surface area contributed by atoms with Crippen molar-refractivity contribution in [1.82, 2.24) is 14.3 Å². The predicted molar refractivity (Wildman–Crippen MR) is 146 cm³/mol. The van der Waals surface area contributed by atoms with Gasteiger partial charge in [0, 0.05) is 23.4 Å². The van der Waals surface area contributed by atoms with E-state index in [0.717, 1.165) is 24.9 Å². The minimum absolute atomic E-state index is 0.0632. The van der Waals surface area contributed by atoms with Crippen LogP contribution in [0.15, 0.2) is 71.7 Å². The van der Waals surface area contributed by atoms with Crippen LogP contribution < -0.4 is 5.56 Å². The van der Waals surface area contributed by atoms with Crippen LogP contribution in [0.5, 0.6) is 5.88 Å². The van der Waals surface area contributed by atoms with E-state index >= 15 is 0 Å². The number of halogens is 1. The molecule has 7 nitrogen and oxygen atoms in total. The molecule has 39 heavy (non-hydrogen) atoms. The van der Waals surface area contributed by atoms with E-state index in [1.807, 2.05) is 36.4 Å². The molecule has 0 unspecified atom stereocenters. The molecule has 1 fully saturated rings. The number of benzene rings is 2. The van der Waals surface area contributed by atoms with Gasteiger partial charge in [-0.3, -0.25) is 14.2 Å². The van der Waals surface area contributed by atoms with E-state index in [1.165, 1.54) is 29.7 Å². The van der Waals surface area contributed by atoms with Gasteiger partial charge in [0.2, 0.25) is 5.88 Å². The molecule has 2 aromatic carbocycles. The van der Waals surface area contributed by atoms with Crippen molar-refractivity contribution in [2.45, 2.75) is 45.1 Å². The molecule has 1 saturated carbocycles. The van der Waals surface area contributed by atoms with Crippen molar-refractivity contribution in [1.29, 1.82) is 5.26 Å². The molecule has 2 aromatic heterocycles. The first-order chi connectivity index (χ1) is 18.9. The van der Waals surface area contributed by atoms with E-state index < -0.39 is 17.2 Å². The number of rotatable bonds is 6. The fourth-order valence-electron chi connectivity index (χ4n) is 5.20. The molecule has 1 N–H and O–H groups in total. The number of nitrogens with zero attached hydrogens (tertiary/aromatic N) is 4. The van der Waals surface area contributed by atoms with Crippen molar-refractivity contribution in [2.24, 2.45) is 0 Å². The number of hydrogen-bond donors (Lipinski definition) is 1. The molecule has 0 saturated heterocycles. The fourth-order valence-corrected chi connectivity index (χ4v) is 5.20. The largest absolute Gasteiger partial charge is 0.494 e. The Balaban J connectivity index is 1.58. The molecule has 2 heterocycles. The molecule has 0 amide bonds. The summed E-state index contributed by atoms with van der Waals surface area (Å²) in [5.74, 6) is -1.32. The second-order valence-electron chi connectivity index (χ2n) is 9.70. The van der Waals surface area contributed by atoms with Gasteiger partial charge in [0.25, 0.3) is 5.56 Å². The molecule has 5 rings (SSSR count). The summed E-state index contributed by atoms with van der Waals surface area (Å²) in [4.78, 5) is 26.6. The van der Waals surface area contributed by atoms with Gasteiger partial charge in [-0.1, -0.05) is 37.5 Å². The molecule has 1 aliphatic carbocycles. The zero-order valence-corrected chi connectivity index (χ0v) is 21.5. The van der Waals surface area contributed by atoms with Crippen LogP contribution in [0.25, 0.3) is 23.0 Å². The minimum Gasteiger partial charge on any atom is -0.494 e. The first-order valence-corrected chi connectivity index (χ1v) is 12.9. The number of hydrogen-bond acceptors (Lipinski definition) is 5. The number of allylic oxidation sites excluding steroid dienone is 1. The highest BCUT2D eigenvalue weighted by Crippen LogP contribution is 2.33. The SMILES string of the molecule is Cc1c(C(=O)/C=C/c2cn(-c3ccccc3)nc2-c2ccc(F)cc2)c(O)n(C2CCCCC2)c(=O)c1C#N. The van der Waals surface area contributed by atoms with E-state index in [9.17, 15) is 24.3 Å². The molecule has 196 valence electrons. The van der Waals surface area contributed by atoms with Gasteiger partial charge in [-0.15, -0.1) is 0 Å². The summed E-state index contributed by atoms with van der Waals surface area (Å²) >= 11 is 0. The minimum atomic E-state index is -0.567. The molecule has 4 aromatic rings. The number of aromatic nitrogens is 3. The maximum atomic E-state index is 13.6. The van der Waals surface area contributed by atoms with Crippen LogP contribution in [-0.4, -0.2) is 25.2 Å². The lowest BCUT2D eigenvalue weighted by molar-refractivity contribution is 0.104. The van der Waals surface area contributed by atoms with Crippen LogP contribution >= 0.6 is 0 Å². The highest BCUT2D eigenvalue weighted by molar-refractivity contribution is 6.09. The number of nitriles is 1. The monoisotopic (exact) mass is 522 g/mol. The van der Waals surface area contributed by atoms with Crippen LogP contribution in [-0.2, 0) is 0 Å². The topological polar surface area (TPSA) is 101 Å². The Morgan fingerprint density at radius 1 is 1.10 bits per heavy atom. The van der Waals surface area contributed by atoms with Crippen molar-refractivity contribution in [2.75, 3.05) is 0 Å². The molecule has 0 radical (unpaired) electrons. The summed E-state index contributed by atoms with van der Waals surface area (Å²) in [5.41, 5.74) is 1.98. The Labute approximate surface area is 225 Å². The summed E-state index contributed by atoms with van der Waals surface area (Å²) in [6.07, 6.45) is 8.90. The van der Waals surface area contributed by atoms with Gasteiger partial charge >= 0.3 is 0 Å². The molecule has 0 aliphatic heterocycles. The maximum absolute atomic E-state index is 13.6. The van der Waals surface area contributed by atoms with Crippen LogP contribution in [0.4, 0.5) is 4.39 Å². The molecular weight excluding hydrogens is 495 g/mol. The number of para-hydroxylation sites is 1. The maximum Gasteiger partial charge on any atom is 0.271 e. The zero-order chi connectivity index (χ0) is 27.5. The summed E-state index contributed by atoms with van der Waals surface area (Å²) in [5, 5.41) is 25.5. The second kappa shape index (κ2) is 10.9. The van der Waals surface area contributed by atoms with Crippen LogP contribution in [0.3, 0.4) is 0 Å². The van der Waals surface area contributed by atoms with Crippen molar-refractivity contribution >= 4 is 11.9 Å². The fraction of sp³-hybridized carbons (Fsp3) is 0.226. The van der Waals surface area contributed by atoms with Gasteiger partial charge < -0.3 is 5.11 Å². The smallest absolute Gasteiger partial charge is 0.271 e. The van der Waals surface area contributed by atoms with Crippen molar-refractivity contribution in [3.8, 4) is 28.9 Å². The predicted octanol–water partition coefficient (Wildman–Crippen LogP) is 6.13. The van der Waals surface area contributed by atoms with Gasteiger partial charge in [0.15, 0.2) is 5.78 Å². The molecule has 8 heteroatoms. The molecule has 1 aliphatic rings. The summed E-state index contributed by atoms with van der Waals surface area (Å²) < 4.78 is 16.5.